The molecule has 0 bridgehead atoms. The molecule has 6 rings (SSSR count). The van der Waals surface area contributed by atoms with Crippen LogP contribution in [0.4, 0.5) is 0 Å². The molecule has 2 atom stereocenters. The molecule has 0 saturated carbocycles. The van der Waals surface area contributed by atoms with Gasteiger partial charge in [0.05, 0.1) is 16.7 Å². The number of hydrogen-bond acceptors (Lipinski definition) is 5. The van der Waals surface area contributed by atoms with Gasteiger partial charge in [0.15, 0.2) is 0 Å². The van der Waals surface area contributed by atoms with E-state index in [-0.39, 0.29) is 6.04 Å². The summed E-state index contributed by atoms with van der Waals surface area (Å²) in [6.45, 7) is 1.75. The van der Waals surface area contributed by atoms with Crippen LogP contribution < -0.4 is 5.32 Å². The highest BCUT2D eigenvalue weighted by Crippen LogP contribution is 2.33. The van der Waals surface area contributed by atoms with E-state index in [1.165, 1.54) is 11.1 Å². The molecule has 6 nitrogen and oxygen atoms in total. The quantitative estimate of drug-likeness (QED) is 0.442. The Morgan fingerprint density at radius 2 is 1.72 bits per heavy atom. The highest BCUT2D eigenvalue weighted by molar-refractivity contribution is 6.33. The molecule has 2 aliphatic rings. The van der Waals surface area contributed by atoms with E-state index < -0.39 is 6.10 Å². The topological polar surface area (TPSA) is 76.5 Å². The molecule has 3 heterocycles. The van der Waals surface area contributed by atoms with Crippen molar-refractivity contribution >= 4 is 28.3 Å². The van der Waals surface area contributed by atoms with Gasteiger partial charge in [0.1, 0.15) is 18.0 Å². The van der Waals surface area contributed by atoms with E-state index in [0.717, 1.165) is 46.6 Å². The maximum Gasteiger partial charge on any atom is 0.136 e. The Labute approximate surface area is 190 Å². The first-order valence-electron chi connectivity index (χ1n) is 10.7. The summed E-state index contributed by atoms with van der Waals surface area (Å²) in [6.07, 6.45) is -0.791. The third-order valence-corrected chi connectivity index (χ3v) is 6.68. The molecule has 2 unspecified atom stereocenters. The number of likely N-dealkylation sites (N-methyl/N-ethyl adjacent to an activating group) is 1. The number of nitrogens with zero attached hydrogens (tertiary/aromatic N) is 3. The lowest BCUT2D eigenvalue weighted by atomic mass is 9.98. The third kappa shape index (κ3) is 3.11. The van der Waals surface area contributed by atoms with Crippen molar-refractivity contribution in [2.75, 3.05) is 7.05 Å². The SMILES string of the molecule is CN1N=C(c2ccc(-c3ccccc3Cl)cc2)C(O)C1c1nc2cc3c(cc2[nH]1)CNC3. The Kier molecular flexibility index (Phi) is 4.54. The molecule has 0 saturated heterocycles. The van der Waals surface area contributed by atoms with Gasteiger partial charge in [0.2, 0.25) is 0 Å². The first-order valence-corrected chi connectivity index (χ1v) is 11.0. The second-order valence-corrected chi connectivity index (χ2v) is 8.78. The zero-order valence-corrected chi connectivity index (χ0v) is 18.3. The number of imidazole rings is 1. The van der Waals surface area contributed by atoms with Gasteiger partial charge in [-0.25, -0.2) is 4.98 Å². The summed E-state index contributed by atoms with van der Waals surface area (Å²) >= 11 is 6.34. The third-order valence-electron chi connectivity index (χ3n) is 6.35. The minimum atomic E-state index is -0.791. The number of hydrazone groups is 1. The summed E-state index contributed by atoms with van der Waals surface area (Å²) in [4.78, 5) is 8.20. The number of H-pyrrole nitrogens is 1. The molecule has 1 aromatic heterocycles. The molecule has 0 amide bonds. The molecule has 4 aromatic rings. The number of halogens is 1. The summed E-state index contributed by atoms with van der Waals surface area (Å²) < 4.78 is 0. The summed E-state index contributed by atoms with van der Waals surface area (Å²) in [5.41, 5.74) is 8.00. The highest BCUT2D eigenvalue weighted by atomic mass is 35.5. The second kappa shape index (κ2) is 7.45. The molecule has 0 spiro atoms. The molecule has 7 heteroatoms. The van der Waals surface area contributed by atoms with Crippen molar-refractivity contribution in [2.24, 2.45) is 5.10 Å². The van der Waals surface area contributed by atoms with Crippen molar-refractivity contribution in [1.29, 1.82) is 0 Å². The molecule has 0 aliphatic carbocycles. The average Bonchev–Trinajstić information content (AvgIpc) is 3.49. The molecule has 3 aromatic carbocycles. The highest BCUT2D eigenvalue weighted by Gasteiger charge is 2.38. The summed E-state index contributed by atoms with van der Waals surface area (Å²) in [5.74, 6) is 0.720. The lowest BCUT2D eigenvalue weighted by molar-refractivity contribution is 0.134. The van der Waals surface area contributed by atoms with Gasteiger partial charge >= 0.3 is 0 Å². The zero-order valence-electron chi connectivity index (χ0n) is 17.5. The zero-order chi connectivity index (χ0) is 21.8. The largest absolute Gasteiger partial charge is 0.384 e. The van der Waals surface area contributed by atoms with Gasteiger partial charge in [-0.1, -0.05) is 54.1 Å². The molecule has 0 fully saturated rings. The van der Waals surface area contributed by atoms with Gasteiger partial charge < -0.3 is 15.4 Å². The van der Waals surface area contributed by atoms with Crippen molar-refractivity contribution in [3.63, 3.8) is 0 Å². The van der Waals surface area contributed by atoms with Crippen LogP contribution in [0.2, 0.25) is 5.02 Å². The van der Waals surface area contributed by atoms with Crippen LogP contribution in [-0.4, -0.2) is 38.9 Å². The monoisotopic (exact) mass is 443 g/mol. The predicted octanol–water partition coefficient (Wildman–Crippen LogP) is 4.24. The predicted molar refractivity (Wildman–Crippen MR) is 127 cm³/mol. The summed E-state index contributed by atoms with van der Waals surface area (Å²) in [6, 6.07) is 19.7. The van der Waals surface area contributed by atoms with E-state index in [4.69, 9.17) is 16.6 Å². The standard InChI is InChI=1S/C25H22ClN5O/c1-31-23(25-28-20-10-16-12-27-13-17(16)11-21(20)29-25)24(32)22(30-31)15-8-6-14(7-9-15)18-4-2-3-5-19(18)26/h2-11,23-24,27,32H,12-13H2,1H3,(H,28,29). The lowest BCUT2D eigenvalue weighted by Crippen LogP contribution is -2.29. The number of nitrogens with one attached hydrogen (secondary N) is 2. The van der Waals surface area contributed by atoms with E-state index >= 15 is 0 Å². The Morgan fingerprint density at radius 3 is 2.50 bits per heavy atom. The lowest BCUT2D eigenvalue weighted by Gasteiger charge is -2.19. The molecule has 160 valence electrons. The fraction of sp³-hybridized carbons (Fsp3) is 0.200. The average molecular weight is 444 g/mol. The van der Waals surface area contributed by atoms with Gasteiger partial charge in [-0.15, -0.1) is 0 Å². The van der Waals surface area contributed by atoms with E-state index in [0.29, 0.717) is 10.7 Å². The smallest absolute Gasteiger partial charge is 0.136 e. The Bertz CT molecular complexity index is 1320. The van der Waals surface area contributed by atoms with Crippen molar-refractivity contribution in [2.45, 2.75) is 25.2 Å². The normalized spacial score (nSPS) is 20.1. The van der Waals surface area contributed by atoms with Gasteiger partial charge in [-0.3, -0.25) is 5.01 Å². The fourth-order valence-corrected chi connectivity index (χ4v) is 4.93. The maximum atomic E-state index is 11.2. The Hall–Kier alpha value is -3.19. The number of hydrogen-bond donors (Lipinski definition) is 3. The van der Waals surface area contributed by atoms with Crippen LogP contribution in [0.3, 0.4) is 0 Å². The van der Waals surface area contributed by atoms with Gasteiger partial charge in [-0.2, -0.15) is 5.10 Å². The van der Waals surface area contributed by atoms with Crippen LogP contribution in [-0.2, 0) is 13.1 Å². The molecular weight excluding hydrogens is 422 g/mol. The van der Waals surface area contributed by atoms with E-state index in [2.05, 4.69) is 27.5 Å². The van der Waals surface area contributed by atoms with E-state index in [9.17, 15) is 5.11 Å². The summed E-state index contributed by atoms with van der Waals surface area (Å²) in [5, 5.41) is 21.7. The van der Waals surface area contributed by atoms with Crippen LogP contribution in [0.15, 0.2) is 65.8 Å². The number of aliphatic hydroxyl groups is 1. The number of aromatic amines is 1. The molecule has 32 heavy (non-hydrogen) atoms. The minimum absolute atomic E-state index is 0.367. The first-order chi connectivity index (χ1) is 15.6. The first kappa shape index (κ1) is 19.5. The van der Waals surface area contributed by atoms with Crippen LogP contribution in [0.25, 0.3) is 22.2 Å². The van der Waals surface area contributed by atoms with Crippen molar-refractivity contribution in [3.8, 4) is 11.1 Å². The summed E-state index contributed by atoms with van der Waals surface area (Å²) in [7, 11) is 1.87. The van der Waals surface area contributed by atoms with Crippen molar-refractivity contribution in [1.82, 2.24) is 20.3 Å². The number of benzene rings is 3. The maximum absolute atomic E-state index is 11.2. The van der Waals surface area contributed by atoms with Crippen LogP contribution >= 0.6 is 11.6 Å². The minimum Gasteiger partial charge on any atom is -0.384 e. The van der Waals surface area contributed by atoms with Gasteiger partial charge in [0, 0.05) is 36.3 Å². The number of aliphatic hydroxyl groups excluding tert-OH is 1. The molecule has 2 aliphatic heterocycles. The van der Waals surface area contributed by atoms with Crippen LogP contribution in [0, 0.1) is 0 Å². The van der Waals surface area contributed by atoms with Crippen LogP contribution in [0.5, 0.6) is 0 Å². The second-order valence-electron chi connectivity index (χ2n) is 8.37. The molecule has 3 N–H and O–H groups in total. The van der Waals surface area contributed by atoms with Crippen LogP contribution in [0.1, 0.15) is 28.6 Å². The molecular formula is C25H22ClN5O. The number of rotatable bonds is 3. The number of aromatic nitrogens is 2. The van der Waals surface area contributed by atoms with Gasteiger partial charge in [-0.05, 0) is 34.9 Å². The fourth-order valence-electron chi connectivity index (χ4n) is 4.68. The van der Waals surface area contributed by atoms with Crippen molar-refractivity contribution in [3.05, 3.63) is 88.2 Å². The Balaban J connectivity index is 1.29. The van der Waals surface area contributed by atoms with E-state index in [1.807, 2.05) is 55.6 Å². The van der Waals surface area contributed by atoms with Gasteiger partial charge in [0.25, 0.3) is 0 Å². The number of fused-ring (bicyclic) bond motifs is 2. The Morgan fingerprint density at radius 1 is 1.00 bits per heavy atom. The van der Waals surface area contributed by atoms with Crippen molar-refractivity contribution < 1.29 is 5.11 Å². The molecule has 0 radical (unpaired) electrons. The van der Waals surface area contributed by atoms with E-state index in [1.54, 1.807) is 5.01 Å².